The lowest BCUT2D eigenvalue weighted by atomic mass is 9.85. The molecule has 1 atom stereocenters. The minimum atomic E-state index is -0.635. The highest BCUT2D eigenvalue weighted by atomic mass is 16.7. The number of amides is 2. The van der Waals surface area contributed by atoms with Crippen LogP contribution < -0.4 is 0 Å². The Bertz CT molecular complexity index is 622. The number of fused-ring (bicyclic) bond motifs is 1. The van der Waals surface area contributed by atoms with Crippen molar-refractivity contribution in [3.8, 4) is 0 Å². The summed E-state index contributed by atoms with van der Waals surface area (Å²) >= 11 is 0. The molecular weight excluding hydrogens is 298 g/mol. The summed E-state index contributed by atoms with van der Waals surface area (Å²) in [6.07, 6.45) is 1.51. The number of hydrogen-bond donors (Lipinski definition) is 0. The van der Waals surface area contributed by atoms with Gasteiger partial charge in [-0.25, -0.2) is 4.79 Å². The van der Waals surface area contributed by atoms with Crippen molar-refractivity contribution in [2.45, 2.75) is 39.2 Å². The van der Waals surface area contributed by atoms with E-state index in [1.54, 1.807) is 12.1 Å². The van der Waals surface area contributed by atoms with Crippen molar-refractivity contribution in [3.63, 3.8) is 0 Å². The van der Waals surface area contributed by atoms with Gasteiger partial charge >= 0.3 is 5.97 Å². The first-order valence-corrected chi connectivity index (χ1v) is 7.68. The molecule has 0 saturated carbocycles. The van der Waals surface area contributed by atoms with Gasteiger partial charge in [-0.2, -0.15) is 0 Å². The van der Waals surface area contributed by atoms with Crippen molar-refractivity contribution < 1.29 is 24.0 Å². The Morgan fingerprint density at radius 2 is 1.87 bits per heavy atom. The summed E-state index contributed by atoms with van der Waals surface area (Å²) in [5.41, 5.74) is 0.616. The summed E-state index contributed by atoms with van der Waals surface area (Å²) in [4.78, 5) is 41.2. The van der Waals surface area contributed by atoms with Gasteiger partial charge in [0.25, 0.3) is 11.8 Å². The van der Waals surface area contributed by atoms with E-state index >= 15 is 0 Å². The highest BCUT2D eigenvalue weighted by Crippen LogP contribution is 2.31. The lowest BCUT2D eigenvalue weighted by Crippen LogP contribution is -2.36. The molecule has 2 heterocycles. The van der Waals surface area contributed by atoms with Crippen LogP contribution in [0.4, 0.5) is 0 Å². The fourth-order valence-corrected chi connectivity index (χ4v) is 2.79. The third kappa shape index (κ3) is 3.12. The zero-order chi connectivity index (χ0) is 16.6. The zero-order valence-corrected chi connectivity index (χ0v) is 13.2. The predicted octanol–water partition coefficient (Wildman–Crippen LogP) is 2.34. The molecule has 2 amide bonds. The van der Waals surface area contributed by atoms with Crippen LogP contribution in [0, 0.1) is 5.41 Å². The summed E-state index contributed by atoms with van der Waals surface area (Å²) in [6, 6.07) is 6.39. The number of rotatable bonds is 3. The highest BCUT2D eigenvalue weighted by Gasteiger charge is 2.39. The van der Waals surface area contributed by atoms with Crippen LogP contribution >= 0.6 is 0 Å². The molecule has 0 spiro atoms. The molecule has 6 nitrogen and oxygen atoms in total. The number of benzene rings is 1. The maximum Gasteiger partial charge on any atom is 0.335 e. The Balaban J connectivity index is 1.59. The Hall–Kier alpha value is -2.21. The second-order valence-electron chi connectivity index (χ2n) is 6.75. The molecule has 122 valence electrons. The van der Waals surface area contributed by atoms with Gasteiger partial charge in [0.05, 0.1) is 30.3 Å². The Kier molecular flexibility index (Phi) is 3.93. The van der Waals surface area contributed by atoms with Gasteiger partial charge < -0.3 is 9.57 Å². The van der Waals surface area contributed by atoms with E-state index in [2.05, 4.69) is 13.8 Å². The summed E-state index contributed by atoms with van der Waals surface area (Å²) in [6.45, 7) is 4.80. The third-order valence-corrected chi connectivity index (χ3v) is 4.20. The zero-order valence-electron chi connectivity index (χ0n) is 13.2. The van der Waals surface area contributed by atoms with Crippen LogP contribution in [0.15, 0.2) is 24.3 Å². The first kappa shape index (κ1) is 15.7. The van der Waals surface area contributed by atoms with Crippen LogP contribution in [0.3, 0.4) is 0 Å². The van der Waals surface area contributed by atoms with Crippen LogP contribution in [0.1, 0.15) is 53.8 Å². The van der Waals surface area contributed by atoms with Gasteiger partial charge in [0.15, 0.2) is 0 Å². The number of hydrogen-bond acceptors (Lipinski definition) is 5. The molecule has 1 aromatic carbocycles. The Morgan fingerprint density at radius 3 is 2.39 bits per heavy atom. The SMILES string of the molecule is CC1(C)CCC(CC(=O)ON2C(=O)c3ccccc3C2=O)OC1. The summed E-state index contributed by atoms with van der Waals surface area (Å²) in [5.74, 6) is -1.85. The fraction of sp³-hybridized carbons (Fsp3) is 0.471. The average molecular weight is 317 g/mol. The van der Waals surface area contributed by atoms with Crippen molar-refractivity contribution in [1.82, 2.24) is 5.06 Å². The molecule has 2 aliphatic rings. The Morgan fingerprint density at radius 1 is 1.26 bits per heavy atom. The highest BCUT2D eigenvalue weighted by molar-refractivity contribution is 6.20. The predicted molar refractivity (Wildman–Crippen MR) is 80.4 cm³/mol. The molecule has 1 fully saturated rings. The van der Waals surface area contributed by atoms with Crippen LogP contribution in [0.25, 0.3) is 0 Å². The number of nitrogens with zero attached hydrogens (tertiary/aromatic N) is 1. The molecule has 1 aromatic rings. The first-order chi connectivity index (χ1) is 10.9. The minimum Gasteiger partial charge on any atom is -0.377 e. The van der Waals surface area contributed by atoms with Gasteiger partial charge in [-0.05, 0) is 30.4 Å². The van der Waals surface area contributed by atoms with Crippen molar-refractivity contribution in [3.05, 3.63) is 35.4 Å². The largest absolute Gasteiger partial charge is 0.377 e. The number of ether oxygens (including phenoxy) is 1. The van der Waals surface area contributed by atoms with Crippen molar-refractivity contribution in [2.75, 3.05) is 6.61 Å². The van der Waals surface area contributed by atoms with Crippen LogP contribution in [0.2, 0.25) is 0 Å². The van der Waals surface area contributed by atoms with Crippen LogP contribution in [-0.4, -0.2) is 35.6 Å². The minimum absolute atomic E-state index is 0.0312. The van der Waals surface area contributed by atoms with Crippen LogP contribution in [-0.2, 0) is 14.4 Å². The van der Waals surface area contributed by atoms with Gasteiger partial charge in [-0.15, -0.1) is 0 Å². The number of imide groups is 1. The molecule has 2 aliphatic heterocycles. The van der Waals surface area contributed by atoms with Gasteiger partial charge in [-0.1, -0.05) is 31.0 Å². The molecule has 1 unspecified atom stereocenters. The lowest BCUT2D eigenvalue weighted by molar-refractivity contribution is -0.173. The monoisotopic (exact) mass is 317 g/mol. The molecule has 0 radical (unpaired) electrons. The summed E-state index contributed by atoms with van der Waals surface area (Å²) in [7, 11) is 0. The quantitative estimate of drug-likeness (QED) is 0.800. The molecule has 0 N–H and O–H groups in total. The number of hydroxylamine groups is 2. The first-order valence-electron chi connectivity index (χ1n) is 7.68. The van der Waals surface area contributed by atoms with Crippen molar-refractivity contribution in [1.29, 1.82) is 0 Å². The lowest BCUT2D eigenvalue weighted by Gasteiger charge is -2.34. The van der Waals surface area contributed by atoms with E-state index in [-0.39, 0.29) is 29.1 Å². The van der Waals surface area contributed by atoms with Crippen molar-refractivity contribution >= 4 is 17.8 Å². The van der Waals surface area contributed by atoms with E-state index in [0.29, 0.717) is 11.7 Å². The van der Waals surface area contributed by atoms with Gasteiger partial charge in [0.2, 0.25) is 0 Å². The Labute approximate surface area is 134 Å². The average Bonchev–Trinajstić information content (AvgIpc) is 2.75. The van der Waals surface area contributed by atoms with Crippen LogP contribution in [0.5, 0.6) is 0 Å². The summed E-state index contributed by atoms with van der Waals surface area (Å²) in [5, 5.41) is 0.541. The van der Waals surface area contributed by atoms with Gasteiger partial charge in [0.1, 0.15) is 0 Å². The second kappa shape index (κ2) is 5.77. The van der Waals surface area contributed by atoms with E-state index in [4.69, 9.17) is 9.57 Å². The molecule has 0 bridgehead atoms. The van der Waals surface area contributed by atoms with E-state index < -0.39 is 17.8 Å². The number of carbonyl (C=O) groups excluding carboxylic acids is 3. The molecule has 3 rings (SSSR count). The van der Waals surface area contributed by atoms with E-state index in [1.807, 2.05) is 0 Å². The number of carbonyl (C=O) groups is 3. The fourth-order valence-electron chi connectivity index (χ4n) is 2.79. The summed E-state index contributed by atoms with van der Waals surface area (Å²) < 4.78 is 5.65. The molecule has 0 aliphatic carbocycles. The smallest absolute Gasteiger partial charge is 0.335 e. The van der Waals surface area contributed by atoms with Gasteiger partial charge in [0, 0.05) is 0 Å². The maximum absolute atomic E-state index is 12.1. The topological polar surface area (TPSA) is 72.9 Å². The van der Waals surface area contributed by atoms with Crippen molar-refractivity contribution in [2.24, 2.45) is 5.41 Å². The normalized spacial score (nSPS) is 22.9. The van der Waals surface area contributed by atoms with Gasteiger partial charge in [-0.3, -0.25) is 9.59 Å². The van der Waals surface area contributed by atoms with E-state index in [0.717, 1.165) is 12.8 Å². The van der Waals surface area contributed by atoms with E-state index in [9.17, 15) is 14.4 Å². The molecule has 0 aromatic heterocycles. The third-order valence-electron chi connectivity index (χ3n) is 4.20. The molecular formula is C17H19NO5. The standard InChI is InChI=1S/C17H19NO5/c1-17(2)8-7-11(22-10-17)9-14(19)23-18-15(20)12-5-3-4-6-13(12)16(18)21/h3-6,11H,7-10H2,1-2H3. The molecule has 1 saturated heterocycles. The molecule has 6 heteroatoms. The van der Waals surface area contributed by atoms with E-state index in [1.165, 1.54) is 12.1 Å². The molecule has 23 heavy (non-hydrogen) atoms. The maximum atomic E-state index is 12.1. The second-order valence-corrected chi connectivity index (χ2v) is 6.75.